The minimum absolute atomic E-state index is 0.00665. The Labute approximate surface area is 158 Å². The monoisotopic (exact) mass is 372 g/mol. The first-order valence-electron chi connectivity index (χ1n) is 8.53. The number of rotatable bonds is 6. The third-order valence-corrected chi connectivity index (χ3v) is 5.24. The van der Waals surface area contributed by atoms with E-state index in [0.717, 1.165) is 41.6 Å². The molecule has 0 aliphatic carbocycles. The van der Waals surface area contributed by atoms with Crippen molar-refractivity contribution in [2.24, 2.45) is 0 Å². The highest BCUT2D eigenvalue weighted by Gasteiger charge is 2.21. The van der Waals surface area contributed by atoms with Crippen LogP contribution >= 0.6 is 11.8 Å². The van der Waals surface area contributed by atoms with E-state index in [1.54, 1.807) is 26.0 Å². The fourth-order valence-electron chi connectivity index (χ4n) is 3.18. The molecule has 0 radical (unpaired) electrons. The first-order chi connectivity index (χ1) is 12.6. The number of nitrogens with one attached hydrogen (secondary N) is 1. The number of nitrogens with zero attached hydrogens (tertiary/aromatic N) is 1. The van der Waals surface area contributed by atoms with Crippen LogP contribution in [0, 0.1) is 0 Å². The number of carbonyl (C=O) groups is 1. The molecule has 1 amide bonds. The fourth-order valence-corrected chi connectivity index (χ4v) is 3.64. The molecule has 2 aromatic carbocycles. The second-order valence-electron chi connectivity index (χ2n) is 6.22. The average Bonchev–Trinajstić information content (AvgIpc) is 2.66. The number of hydrogen-bond donors (Lipinski definition) is 1. The third kappa shape index (κ3) is 4.31. The lowest BCUT2D eigenvalue weighted by Crippen LogP contribution is -2.37. The van der Waals surface area contributed by atoms with E-state index in [0.29, 0.717) is 6.54 Å². The number of amides is 1. The van der Waals surface area contributed by atoms with Crippen molar-refractivity contribution >= 4 is 23.4 Å². The molecule has 0 aromatic heterocycles. The standard InChI is InChI=1S/C20H24N2O3S/c1-24-18-9-14-7-8-22(12-15(14)10-19(18)25-2)13-20(23)21-16-5-4-6-17(11-16)26-3/h4-6,9-11H,7-8,12-13H2,1-3H3,(H,21,23). The summed E-state index contributed by atoms with van der Waals surface area (Å²) in [5.41, 5.74) is 3.28. The van der Waals surface area contributed by atoms with Gasteiger partial charge in [-0.1, -0.05) is 6.07 Å². The molecule has 0 saturated carbocycles. The maximum atomic E-state index is 12.4. The van der Waals surface area contributed by atoms with Gasteiger partial charge in [-0.3, -0.25) is 9.69 Å². The van der Waals surface area contributed by atoms with Crippen LogP contribution in [-0.4, -0.2) is 44.4 Å². The minimum atomic E-state index is 0.00665. The number of hydrogen-bond acceptors (Lipinski definition) is 5. The average molecular weight is 372 g/mol. The van der Waals surface area contributed by atoms with Gasteiger partial charge in [-0.05, 0) is 54.1 Å². The van der Waals surface area contributed by atoms with Crippen LogP contribution < -0.4 is 14.8 Å². The second-order valence-corrected chi connectivity index (χ2v) is 7.10. The lowest BCUT2D eigenvalue weighted by Gasteiger charge is -2.29. The van der Waals surface area contributed by atoms with Crippen LogP contribution in [0.15, 0.2) is 41.3 Å². The van der Waals surface area contributed by atoms with Crippen LogP contribution in [0.25, 0.3) is 0 Å². The topological polar surface area (TPSA) is 50.8 Å². The van der Waals surface area contributed by atoms with E-state index in [4.69, 9.17) is 9.47 Å². The number of anilines is 1. The van der Waals surface area contributed by atoms with E-state index in [1.807, 2.05) is 42.7 Å². The highest BCUT2D eigenvalue weighted by atomic mass is 32.2. The lowest BCUT2D eigenvalue weighted by atomic mass is 9.99. The van der Waals surface area contributed by atoms with Crippen LogP contribution in [-0.2, 0) is 17.8 Å². The summed E-state index contributed by atoms with van der Waals surface area (Å²) in [6, 6.07) is 12.0. The van der Waals surface area contributed by atoms with Gasteiger partial charge in [0.25, 0.3) is 0 Å². The molecule has 2 aromatic rings. The quantitative estimate of drug-likeness (QED) is 0.788. The molecule has 0 spiro atoms. The van der Waals surface area contributed by atoms with Crippen LogP contribution in [0.1, 0.15) is 11.1 Å². The highest BCUT2D eigenvalue weighted by molar-refractivity contribution is 7.98. The molecule has 5 nitrogen and oxygen atoms in total. The van der Waals surface area contributed by atoms with Crippen molar-refractivity contribution < 1.29 is 14.3 Å². The molecule has 1 aliphatic rings. The molecule has 26 heavy (non-hydrogen) atoms. The van der Waals surface area contributed by atoms with Gasteiger partial charge in [0.15, 0.2) is 11.5 Å². The van der Waals surface area contributed by atoms with Gasteiger partial charge in [0.2, 0.25) is 5.91 Å². The van der Waals surface area contributed by atoms with Gasteiger partial charge in [0.05, 0.1) is 20.8 Å². The predicted molar refractivity (Wildman–Crippen MR) is 105 cm³/mol. The number of methoxy groups -OCH3 is 2. The molecule has 1 N–H and O–H groups in total. The molecule has 0 atom stereocenters. The van der Waals surface area contributed by atoms with E-state index < -0.39 is 0 Å². The van der Waals surface area contributed by atoms with Crippen molar-refractivity contribution in [3.63, 3.8) is 0 Å². The zero-order valence-corrected chi connectivity index (χ0v) is 16.2. The number of ether oxygens (including phenoxy) is 2. The Morgan fingerprint density at radius 3 is 2.58 bits per heavy atom. The summed E-state index contributed by atoms with van der Waals surface area (Å²) in [7, 11) is 3.29. The second kappa shape index (κ2) is 8.47. The molecule has 3 rings (SSSR count). The van der Waals surface area contributed by atoms with Gasteiger partial charge < -0.3 is 14.8 Å². The Morgan fingerprint density at radius 1 is 1.15 bits per heavy atom. The van der Waals surface area contributed by atoms with E-state index in [1.165, 1.54) is 11.1 Å². The number of thioether (sulfide) groups is 1. The summed E-state index contributed by atoms with van der Waals surface area (Å²) in [4.78, 5) is 15.7. The Bertz CT molecular complexity index is 795. The first-order valence-corrected chi connectivity index (χ1v) is 9.75. The maximum absolute atomic E-state index is 12.4. The van der Waals surface area contributed by atoms with Gasteiger partial charge in [-0.15, -0.1) is 11.8 Å². The smallest absolute Gasteiger partial charge is 0.238 e. The molecule has 1 heterocycles. The van der Waals surface area contributed by atoms with Gasteiger partial charge in [0.1, 0.15) is 0 Å². The molecule has 0 bridgehead atoms. The third-order valence-electron chi connectivity index (χ3n) is 4.52. The molecule has 6 heteroatoms. The zero-order chi connectivity index (χ0) is 18.5. The summed E-state index contributed by atoms with van der Waals surface area (Å²) in [5, 5.41) is 2.99. The number of fused-ring (bicyclic) bond motifs is 1. The Hall–Kier alpha value is -2.18. The maximum Gasteiger partial charge on any atom is 0.238 e. The van der Waals surface area contributed by atoms with Crippen LogP contribution in [0.5, 0.6) is 11.5 Å². The van der Waals surface area contributed by atoms with Crippen LogP contribution in [0.3, 0.4) is 0 Å². The van der Waals surface area contributed by atoms with Gasteiger partial charge in [-0.2, -0.15) is 0 Å². The zero-order valence-electron chi connectivity index (χ0n) is 15.4. The molecular weight excluding hydrogens is 348 g/mol. The van der Waals surface area contributed by atoms with Crippen molar-refractivity contribution in [1.29, 1.82) is 0 Å². The van der Waals surface area contributed by atoms with Gasteiger partial charge in [0, 0.05) is 23.7 Å². The van der Waals surface area contributed by atoms with E-state index in [9.17, 15) is 4.79 Å². The summed E-state index contributed by atoms with van der Waals surface area (Å²) in [6.45, 7) is 1.95. The van der Waals surface area contributed by atoms with Crippen LogP contribution in [0.4, 0.5) is 5.69 Å². The number of carbonyl (C=O) groups excluding carboxylic acids is 1. The molecule has 0 saturated heterocycles. The van der Waals surface area contributed by atoms with Crippen molar-refractivity contribution in [3.8, 4) is 11.5 Å². The van der Waals surface area contributed by atoms with E-state index >= 15 is 0 Å². The van der Waals surface area contributed by atoms with Gasteiger partial charge >= 0.3 is 0 Å². The van der Waals surface area contributed by atoms with Crippen molar-refractivity contribution in [2.75, 3.05) is 38.9 Å². The summed E-state index contributed by atoms with van der Waals surface area (Å²) < 4.78 is 10.8. The Morgan fingerprint density at radius 2 is 1.88 bits per heavy atom. The minimum Gasteiger partial charge on any atom is -0.493 e. The number of benzene rings is 2. The normalized spacial score (nSPS) is 13.8. The molecular formula is C20H24N2O3S. The van der Waals surface area contributed by atoms with Crippen LogP contribution in [0.2, 0.25) is 0 Å². The van der Waals surface area contributed by atoms with Crippen molar-refractivity contribution in [2.45, 2.75) is 17.9 Å². The predicted octanol–water partition coefficient (Wildman–Crippen LogP) is 3.42. The lowest BCUT2D eigenvalue weighted by molar-refractivity contribution is -0.117. The van der Waals surface area contributed by atoms with Gasteiger partial charge in [-0.25, -0.2) is 0 Å². The molecule has 1 aliphatic heterocycles. The molecule has 0 fully saturated rings. The summed E-state index contributed by atoms with van der Waals surface area (Å²) in [6.07, 6.45) is 2.92. The molecule has 138 valence electrons. The highest BCUT2D eigenvalue weighted by Crippen LogP contribution is 2.33. The van der Waals surface area contributed by atoms with Crippen molar-refractivity contribution in [1.82, 2.24) is 4.90 Å². The van der Waals surface area contributed by atoms with Crippen molar-refractivity contribution in [3.05, 3.63) is 47.5 Å². The summed E-state index contributed by atoms with van der Waals surface area (Å²) in [5.74, 6) is 1.49. The Balaban J connectivity index is 1.64. The Kier molecular flexibility index (Phi) is 6.06. The first kappa shape index (κ1) is 18.6. The summed E-state index contributed by atoms with van der Waals surface area (Å²) >= 11 is 1.66. The van der Waals surface area contributed by atoms with E-state index in [2.05, 4.69) is 10.2 Å². The fraction of sp³-hybridized carbons (Fsp3) is 0.350. The molecule has 0 unspecified atom stereocenters. The SMILES string of the molecule is COc1cc2c(cc1OC)CN(CC(=O)Nc1cccc(SC)c1)CC2. The van der Waals surface area contributed by atoms with E-state index in [-0.39, 0.29) is 5.91 Å². The largest absolute Gasteiger partial charge is 0.493 e.